The van der Waals surface area contributed by atoms with Crippen molar-refractivity contribution in [1.29, 1.82) is 0 Å². The quantitative estimate of drug-likeness (QED) is 0.722. The minimum absolute atomic E-state index is 0.298. The summed E-state index contributed by atoms with van der Waals surface area (Å²) in [4.78, 5) is 3.42. The number of hydrogen-bond donors (Lipinski definition) is 1. The van der Waals surface area contributed by atoms with Gasteiger partial charge in [-0.3, -0.25) is 4.31 Å². The van der Waals surface area contributed by atoms with E-state index < -0.39 is 10.0 Å². The Morgan fingerprint density at radius 1 is 1.08 bits per heavy atom. The second-order valence-corrected chi connectivity index (χ2v) is 7.61. The van der Waals surface area contributed by atoms with Crippen molar-refractivity contribution in [2.45, 2.75) is 25.7 Å². The van der Waals surface area contributed by atoms with Gasteiger partial charge in [-0.1, -0.05) is 0 Å². The third-order valence-electron chi connectivity index (χ3n) is 4.14. The molecule has 0 saturated heterocycles. The fourth-order valence-corrected chi connectivity index (χ4v) is 4.65. The van der Waals surface area contributed by atoms with Crippen molar-refractivity contribution in [2.75, 3.05) is 17.5 Å². The maximum absolute atomic E-state index is 13.2. The molecular weight excluding hydrogens is 336 g/mol. The Morgan fingerprint density at radius 3 is 2.56 bits per heavy atom. The molecule has 3 aromatic rings. The Hall–Kier alpha value is -2.47. The highest BCUT2D eigenvalue weighted by Crippen LogP contribution is 2.29. The molecule has 132 valence electrons. The Bertz CT molecular complexity index is 993. The van der Waals surface area contributed by atoms with E-state index in [-0.39, 0.29) is 0 Å². The second kappa shape index (κ2) is 6.80. The molecule has 0 radical (unpaired) electrons. The molecule has 0 fully saturated rings. The molecule has 1 aromatic heterocycles. The third kappa shape index (κ3) is 3.22. The molecule has 0 spiro atoms. The van der Waals surface area contributed by atoms with Crippen molar-refractivity contribution in [2.24, 2.45) is 0 Å². The van der Waals surface area contributed by atoms with Crippen molar-refractivity contribution in [1.82, 2.24) is 4.98 Å². The summed E-state index contributed by atoms with van der Waals surface area (Å²) in [7, 11) is -3.65. The number of ether oxygens (including phenoxy) is 1. The van der Waals surface area contributed by atoms with Crippen LogP contribution in [0.5, 0.6) is 5.75 Å². The number of hydrogen-bond acceptors (Lipinski definition) is 3. The lowest BCUT2D eigenvalue weighted by Crippen LogP contribution is -2.31. The van der Waals surface area contributed by atoms with Gasteiger partial charge in [0.1, 0.15) is 5.75 Å². The molecule has 0 aliphatic carbocycles. The van der Waals surface area contributed by atoms with Crippen LogP contribution in [-0.4, -0.2) is 26.6 Å². The molecule has 1 heterocycles. The van der Waals surface area contributed by atoms with E-state index in [0.29, 0.717) is 35.0 Å². The van der Waals surface area contributed by atoms with Crippen LogP contribution in [0.25, 0.3) is 10.9 Å². The molecular formula is C19H22N2O3S. The maximum atomic E-state index is 13.2. The SMILES string of the molecule is CCOc1ccc(S(=O)(=O)N(CC)c2ccc3[nH]ccc3c2)c(C)c1. The number of sulfonamides is 1. The van der Waals surface area contributed by atoms with Gasteiger partial charge in [-0.25, -0.2) is 8.42 Å². The number of H-pyrrole nitrogens is 1. The van der Waals surface area contributed by atoms with E-state index >= 15 is 0 Å². The summed E-state index contributed by atoms with van der Waals surface area (Å²) >= 11 is 0. The number of nitrogens with one attached hydrogen (secondary N) is 1. The first-order valence-corrected chi connectivity index (χ1v) is 9.74. The van der Waals surface area contributed by atoms with E-state index in [1.165, 1.54) is 4.31 Å². The maximum Gasteiger partial charge on any atom is 0.264 e. The van der Waals surface area contributed by atoms with Crippen molar-refractivity contribution in [3.05, 3.63) is 54.2 Å². The number of aromatic nitrogens is 1. The highest BCUT2D eigenvalue weighted by atomic mass is 32.2. The van der Waals surface area contributed by atoms with Gasteiger partial charge in [0.05, 0.1) is 17.2 Å². The van der Waals surface area contributed by atoms with Crippen LogP contribution in [0, 0.1) is 6.92 Å². The Balaban J connectivity index is 2.04. The minimum Gasteiger partial charge on any atom is -0.494 e. The van der Waals surface area contributed by atoms with Crippen LogP contribution in [0.3, 0.4) is 0 Å². The Morgan fingerprint density at radius 2 is 1.88 bits per heavy atom. The van der Waals surface area contributed by atoms with Crippen molar-refractivity contribution >= 4 is 26.6 Å². The molecule has 5 nitrogen and oxygen atoms in total. The van der Waals surface area contributed by atoms with Crippen molar-refractivity contribution < 1.29 is 13.2 Å². The smallest absolute Gasteiger partial charge is 0.264 e. The first-order chi connectivity index (χ1) is 12.0. The molecule has 1 N–H and O–H groups in total. The van der Waals surface area contributed by atoms with E-state index in [0.717, 1.165) is 10.9 Å². The zero-order chi connectivity index (χ0) is 18.0. The third-order valence-corrected chi connectivity index (χ3v) is 6.20. The Labute approximate surface area is 148 Å². The molecule has 25 heavy (non-hydrogen) atoms. The number of anilines is 1. The summed E-state index contributed by atoms with van der Waals surface area (Å²) < 4.78 is 33.3. The van der Waals surface area contributed by atoms with Crippen LogP contribution in [-0.2, 0) is 10.0 Å². The predicted molar refractivity (Wildman–Crippen MR) is 101 cm³/mol. The van der Waals surface area contributed by atoms with Gasteiger partial charge in [0.25, 0.3) is 10.0 Å². The Kier molecular flexibility index (Phi) is 4.72. The predicted octanol–water partition coefficient (Wildman–Crippen LogP) is 4.09. The van der Waals surface area contributed by atoms with Gasteiger partial charge < -0.3 is 9.72 Å². The number of benzene rings is 2. The fraction of sp³-hybridized carbons (Fsp3) is 0.263. The fourth-order valence-electron chi connectivity index (χ4n) is 2.97. The minimum atomic E-state index is -3.65. The van der Waals surface area contributed by atoms with Gasteiger partial charge in [-0.15, -0.1) is 0 Å². The zero-order valence-corrected chi connectivity index (χ0v) is 15.4. The van der Waals surface area contributed by atoms with E-state index in [9.17, 15) is 8.42 Å². The summed E-state index contributed by atoms with van der Waals surface area (Å²) in [5, 5.41) is 0.981. The molecule has 0 unspecified atom stereocenters. The molecule has 0 aliphatic rings. The lowest BCUT2D eigenvalue weighted by atomic mass is 10.2. The van der Waals surface area contributed by atoms with Crippen LogP contribution < -0.4 is 9.04 Å². The topological polar surface area (TPSA) is 62.4 Å². The van der Waals surface area contributed by atoms with Gasteiger partial charge in [-0.05, 0) is 68.8 Å². The van der Waals surface area contributed by atoms with Crippen LogP contribution in [0.2, 0.25) is 0 Å². The van der Waals surface area contributed by atoms with E-state index in [2.05, 4.69) is 4.98 Å². The normalized spacial score (nSPS) is 11.6. The zero-order valence-electron chi connectivity index (χ0n) is 14.6. The first kappa shape index (κ1) is 17.4. The van der Waals surface area contributed by atoms with Crippen molar-refractivity contribution in [3.63, 3.8) is 0 Å². The molecule has 0 aliphatic heterocycles. The highest BCUT2D eigenvalue weighted by Gasteiger charge is 2.25. The summed E-state index contributed by atoms with van der Waals surface area (Å²) in [6.45, 7) is 6.42. The van der Waals surface area contributed by atoms with Crippen LogP contribution in [0.15, 0.2) is 53.6 Å². The van der Waals surface area contributed by atoms with Gasteiger partial charge in [0, 0.05) is 23.6 Å². The average molecular weight is 358 g/mol. The average Bonchev–Trinajstić information content (AvgIpc) is 3.03. The molecule has 3 rings (SSSR count). The molecule has 6 heteroatoms. The summed E-state index contributed by atoms with van der Waals surface area (Å²) in [5.41, 5.74) is 2.31. The largest absolute Gasteiger partial charge is 0.494 e. The van der Waals surface area contributed by atoms with E-state index in [1.54, 1.807) is 25.1 Å². The monoisotopic (exact) mass is 358 g/mol. The van der Waals surface area contributed by atoms with Crippen LogP contribution in [0.4, 0.5) is 5.69 Å². The van der Waals surface area contributed by atoms with Gasteiger partial charge in [-0.2, -0.15) is 0 Å². The van der Waals surface area contributed by atoms with E-state index in [4.69, 9.17) is 4.74 Å². The van der Waals surface area contributed by atoms with Gasteiger partial charge in [0.15, 0.2) is 0 Å². The molecule has 0 amide bonds. The molecule has 2 aromatic carbocycles. The number of nitrogens with zero attached hydrogens (tertiary/aromatic N) is 1. The highest BCUT2D eigenvalue weighted by molar-refractivity contribution is 7.92. The molecule has 0 atom stereocenters. The molecule has 0 bridgehead atoms. The number of aryl methyl sites for hydroxylation is 1. The number of rotatable bonds is 6. The lowest BCUT2D eigenvalue weighted by Gasteiger charge is -2.24. The second-order valence-electron chi connectivity index (χ2n) is 5.78. The number of aromatic amines is 1. The van der Waals surface area contributed by atoms with Crippen LogP contribution in [0.1, 0.15) is 19.4 Å². The number of fused-ring (bicyclic) bond motifs is 1. The summed E-state index contributed by atoms with van der Waals surface area (Å²) in [6, 6.07) is 12.6. The van der Waals surface area contributed by atoms with E-state index in [1.807, 2.05) is 44.3 Å². The lowest BCUT2D eigenvalue weighted by molar-refractivity contribution is 0.339. The summed E-state index contributed by atoms with van der Waals surface area (Å²) in [6.07, 6.45) is 1.84. The standard InChI is InChI=1S/C19H22N2O3S/c1-4-21(16-6-8-18-15(13-16)10-11-20-18)25(22,23)19-9-7-17(24-5-2)12-14(19)3/h6-13,20H,4-5H2,1-3H3. The van der Waals surface area contributed by atoms with Crippen molar-refractivity contribution in [3.8, 4) is 5.75 Å². The summed E-state index contributed by atoms with van der Waals surface area (Å²) in [5.74, 6) is 0.677. The van der Waals surface area contributed by atoms with Gasteiger partial charge in [0.2, 0.25) is 0 Å². The first-order valence-electron chi connectivity index (χ1n) is 8.30. The van der Waals surface area contributed by atoms with Crippen LogP contribution >= 0.6 is 0 Å². The molecule has 0 saturated carbocycles. The van der Waals surface area contributed by atoms with Gasteiger partial charge >= 0.3 is 0 Å².